The van der Waals surface area contributed by atoms with Gasteiger partial charge in [-0.25, -0.2) is 0 Å². The number of azide groups is 1. The Hall–Kier alpha value is -1.59. The van der Waals surface area contributed by atoms with Gasteiger partial charge in [0.1, 0.15) is 0 Å². The normalized spacial score (nSPS) is 22.2. The van der Waals surface area contributed by atoms with Crippen molar-refractivity contribution in [3.05, 3.63) is 46.3 Å². The number of hydrogen-bond donors (Lipinski definition) is 0. The molecule has 0 radical (unpaired) electrons. The zero-order chi connectivity index (χ0) is 14.4. The molecule has 1 aliphatic rings. The maximum atomic E-state index is 8.65. The van der Waals surface area contributed by atoms with Gasteiger partial charge in [-0.3, -0.25) is 0 Å². The molecule has 1 aliphatic heterocycles. The van der Waals surface area contributed by atoms with Crippen molar-refractivity contribution in [2.45, 2.75) is 38.4 Å². The number of ether oxygens (including phenoxy) is 3. The molecule has 2 atom stereocenters. The summed E-state index contributed by atoms with van der Waals surface area (Å²) in [5, 5.41) is 3.75. The van der Waals surface area contributed by atoms with E-state index in [4.69, 9.17) is 19.7 Å². The Morgan fingerprint density at radius 2 is 2.20 bits per heavy atom. The van der Waals surface area contributed by atoms with Gasteiger partial charge in [0.2, 0.25) is 0 Å². The quantitative estimate of drug-likeness (QED) is 0.455. The molecule has 0 unspecified atom stereocenters. The molecule has 0 spiro atoms. The highest BCUT2D eigenvalue weighted by Gasteiger charge is 2.37. The number of nitrogens with zero attached hydrogens (tertiary/aromatic N) is 3. The van der Waals surface area contributed by atoms with Gasteiger partial charge >= 0.3 is 0 Å². The second kappa shape index (κ2) is 6.72. The molecule has 0 saturated carbocycles. The molecule has 1 aromatic carbocycles. The standard InChI is InChI=1S/C14H19N3O3/c1-14(2)19-10-13(20-14)12(16-17-15)9-18-8-11-6-4-3-5-7-11/h3-7,12-13H,8-10H2,1-2H3/t12-,13-/m0/s1. The van der Waals surface area contributed by atoms with Crippen molar-refractivity contribution in [1.29, 1.82) is 0 Å². The van der Waals surface area contributed by atoms with Crippen LogP contribution in [0.25, 0.3) is 10.4 Å². The molecule has 0 amide bonds. The van der Waals surface area contributed by atoms with Crippen LogP contribution in [0.5, 0.6) is 0 Å². The molecule has 1 heterocycles. The van der Waals surface area contributed by atoms with E-state index >= 15 is 0 Å². The van der Waals surface area contributed by atoms with Gasteiger partial charge in [0.05, 0.1) is 32.0 Å². The first kappa shape index (κ1) is 14.8. The minimum Gasteiger partial charge on any atom is -0.376 e. The van der Waals surface area contributed by atoms with E-state index in [2.05, 4.69) is 10.0 Å². The van der Waals surface area contributed by atoms with Crippen LogP contribution in [0.4, 0.5) is 0 Å². The van der Waals surface area contributed by atoms with Gasteiger partial charge in [-0.05, 0) is 24.9 Å². The van der Waals surface area contributed by atoms with Crippen LogP contribution in [-0.4, -0.2) is 31.1 Å². The van der Waals surface area contributed by atoms with Crippen LogP contribution in [0.15, 0.2) is 35.4 Å². The van der Waals surface area contributed by atoms with Crippen LogP contribution in [0, 0.1) is 0 Å². The lowest BCUT2D eigenvalue weighted by molar-refractivity contribution is -0.142. The van der Waals surface area contributed by atoms with Gasteiger partial charge in [0.15, 0.2) is 5.79 Å². The zero-order valence-electron chi connectivity index (χ0n) is 11.7. The van der Waals surface area contributed by atoms with Gasteiger partial charge in [-0.15, -0.1) is 0 Å². The average molecular weight is 277 g/mol. The van der Waals surface area contributed by atoms with Crippen LogP contribution in [0.3, 0.4) is 0 Å². The highest BCUT2D eigenvalue weighted by molar-refractivity contribution is 5.13. The Morgan fingerprint density at radius 3 is 2.80 bits per heavy atom. The lowest BCUT2D eigenvalue weighted by Gasteiger charge is -2.20. The molecule has 108 valence electrons. The molecule has 0 N–H and O–H groups in total. The monoisotopic (exact) mass is 277 g/mol. The predicted molar refractivity (Wildman–Crippen MR) is 73.9 cm³/mol. The van der Waals surface area contributed by atoms with E-state index in [0.29, 0.717) is 19.8 Å². The van der Waals surface area contributed by atoms with Gasteiger partial charge < -0.3 is 14.2 Å². The third-order valence-corrected chi connectivity index (χ3v) is 3.06. The van der Waals surface area contributed by atoms with Crippen LogP contribution < -0.4 is 0 Å². The first-order chi connectivity index (χ1) is 9.61. The summed E-state index contributed by atoms with van der Waals surface area (Å²) in [5.41, 5.74) is 9.73. The average Bonchev–Trinajstić information content (AvgIpc) is 2.79. The summed E-state index contributed by atoms with van der Waals surface area (Å²) in [5.74, 6) is -0.632. The van der Waals surface area contributed by atoms with E-state index in [1.165, 1.54) is 0 Å². The number of rotatable bonds is 6. The van der Waals surface area contributed by atoms with E-state index in [0.717, 1.165) is 5.56 Å². The highest BCUT2D eigenvalue weighted by atomic mass is 16.7. The van der Waals surface area contributed by atoms with Crippen LogP contribution in [0.2, 0.25) is 0 Å². The third kappa shape index (κ3) is 4.21. The topological polar surface area (TPSA) is 76.5 Å². The summed E-state index contributed by atoms with van der Waals surface area (Å²) in [6, 6.07) is 9.46. The molecule has 1 aromatic rings. The van der Waals surface area contributed by atoms with Crippen molar-refractivity contribution in [3.63, 3.8) is 0 Å². The molecule has 20 heavy (non-hydrogen) atoms. The fraction of sp³-hybridized carbons (Fsp3) is 0.571. The molecular formula is C14H19N3O3. The van der Waals surface area contributed by atoms with Crippen molar-refractivity contribution in [2.75, 3.05) is 13.2 Å². The molecule has 1 fully saturated rings. The maximum Gasteiger partial charge on any atom is 0.163 e. The smallest absolute Gasteiger partial charge is 0.163 e. The maximum absolute atomic E-state index is 8.65. The Balaban J connectivity index is 1.85. The summed E-state index contributed by atoms with van der Waals surface area (Å²) >= 11 is 0. The van der Waals surface area contributed by atoms with Crippen LogP contribution in [0.1, 0.15) is 19.4 Å². The Bertz CT molecular complexity index is 472. The highest BCUT2D eigenvalue weighted by Crippen LogP contribution is 2.25. The van der Waals surface area contributed by atoms with Gasteiger partial charge in [0.25, 0.3) is 0 Å². The summed E-state index contributed by atoms with van der Waals surface area (Å²) in [6.07, 6.45) is -0.267. The number of benzene rings is 1. The fourth-order valence-electron chi connectivity index (χ4n) is 2.06. The lowest BCUT2D eigenvalue weighted by atomic mass is 10.2. The number of hydrogen-bond acceptors (Lipinski definition) is 4. The molecule has 6 nitrogen and oxygen atoms in total. The first-order valence-corrected chi connectivity index (χ1v) is 6.58. The van der Waals surface area contributed by atoms with E-state index in [1.807, 2.05) is 44.2 Å². The van der Waals surface area contributed by atoms with Gasteiger partial charge in [-0.2, -0.15) is 0 Å². The Kier molecular flexibility index (Phi) is 4.98. The lowest BCUT2D eigenvalue weighted by Crippen LogP contribution is -2.32. The molecule has 0 bridgehead atoms. The Labute approximate surface area is 118 Å². The molecule has 0 aromatic heterocycles. The summed E-state index contributed by atoms with van der Waals surface area (Å²) in [7, 11) is 0. The van der Waals surface area contributed by atoms with E-state index in [1.54, 1.807) is 0 Å². The van der Waals surface area contributed by atoms with Crippen molar-refractivity contribution in [2.24, 2.45) is 5.11 Å². The first-order valence-electron chi connectivity index (χ1n) is 6.58. The second-order valence-electron chi connectivity index (χ2n) is 5.14. The molecule has 1 saturated heterocycles. The minimum atomic E-state index is -0.632. The summed E-state index contributed by atoms with van der Waals surface area (Å²) in [6.45, 7) is 4.87. The summed E-state index contributed by atoms with van der Waals surface area (Å²) in [4.78, 5) is 2.86. The largest absolute Gasteiger partial charge is 0.376 e. The summed E-state index contributed by atoms with van der Waals surface area (Å²) < 4.78 is 16.8. The SMILES string of the molecule is CC1(C)OC[C@@H]([C@H](COCc2ccccc2)N=[N+]=[N-])O1. The van der Waals surface area contributed by atoms with E-state index in [9.17, 15) is 0 Å². The molecular weight excluding hydrogens is 258 g/mol. The van der Waals surface area contributed by atoms with E-state index in [-0.39, 0.29) is 12.1 Å². The molecule has 6 heteroatoms. The van der Waals surface area contributed by atoms with Crippen molar-refractivity contribution >= 4 is 0 Å². The van der Waals surface area contributed by atoms with E-state index < -0.39 is 5.79 Å². The van der Waals surface area contributed by atoms with Crippen molar-refractivity contribution in [3.8, 4) is 0 Å². The Morgan fingerprint density at radius 1 is 1.45 bits per heavy atom. The third-order valence-electron chi connectivity index (χ3n) is 3.06. The van der Waals surface area contributed by atoms with Gasteiger partial charge in [-0.1, -0.05) is 35.4 Å². The molecule has 0 aliphatic carbocycles. The van der Waals surface area contributed by atoms with Crippen LogP contribution in [-0.2, 0) is 20.8 Å². The fourth-order valence-corrected chi connectivity index (χ4v) is 2.06. The van der Waals surface area contributed by atoms with Crippen molar-refractivity contribution in [1.82, 2.24) is 0 Å². The van der Waals surface area contributed by atoms with Gasteiger partial charge in [0, 0.05) is 4.91 Å². The van der Waals surface area contributed by atoms with Crippen molar-refractivity contribution < 1.29 is 14.2 Å². The molecule has 2 rings (SSSR count). The zero-order valence-corrected chi connectivity index (χ0v) is 11.7. The van der Waals surface area contributed by atoms with Crippen LogP contribution >= 0.6 is 0 Å². The minimum absolute atomic E-state index is 0.267. The predicted octanol–water partition coefficient (Wildman–Crippen LogP) is 3.03. The second-order valence-corrected chi connectivity index (χ2v) is 5.14.